The molecule has 0 aromatic carbocycles. The normalized spacial score (nSPS) is 38.6. The van der Waals surface area contributed by atoms with E-state index < -0.39 is 23.7 Å². The third-order valence-electron chi connectivity index (χ3n) is 7.92. The Morgan fingerprint density at radius 1 is 0.688 bits per heavy atom. The van der Waals surface area contributed by atoms with Crippen LogP contribution in [0.5, 0.6) is 0 Å². The first-order chi connectivity index (χ1) is 15.5. The van der Waals surface area contributed by atoms with Crippen molar-refractivity contribution in [3.05, 3.63) is 37.5 Å². The van der Waals surface area contributed by atoms with Crippen LogP contribution in [0.4, 0.5) is 0 Å². The van der Waals surface area contributed by atoms with Crippen LogP contribution in [0.15, 0.2) is 37.5 Å². The first-order valence-corrected chi connectivity index (χ1v) is 11.3. The van der Waals surface area contributed by atoms with Gasteiger partial charge in [-0.05, 0) is 23.7 Å². The van der Waals surface area contributed by atoms with E-state index in [1.54, 1.807) is 12.2 Å². The van der Waals surface area contributed by atoms with E-state index in [0.717, 1.165) is 0 Å². The molecule has 0 N–H and O–H groups in total. The van der Waals surface area contributed by atoms with Gasteiger partial charge in [-0.3, -0.25) is 29.0 Å². The maximum absolute atomic E-state index is 13.2. The van der Waals surface area contributed by atoms with Crippen molar-refractivity contribution in [3.63, 3.8) is 0 Å². The molecule has 0 aromatic heterocycles. The number of likely N-dealkylation sites (tertiary alicyclic amines) is 2. The third kappa shape index (κ3) is 2.82. The number of hydrogen-bond acceptors (Lipinski definition) is 6. The number of rotatable bonds is 10. The lowest BCUT2D eigenvalue weighted by atomic mass is 9.40. The minimum Gasteiger partial charge on any atom is -0.376 e. The number of amides is 4. The van der Waals surface area contributed by atoms with E-state index in [9.17, 15) is 19.2 Å². The standard InChI is InChI=1S/C24H28N2O6/c1-3-9-31-11-7-25-21(27)17-13-5-6-14(18(17)22(25)28)16-15(13)19-20(16)24(30)26(23(19)29)8-12-32-10-4-2/h3-6,13-20H,1-2,7-12H2/t13-,14+,15-,16-,17+,18-,19+,20-/m0/s1. The van der Waals surface area contributed by atoms with Gasteiger partial charge in [0, 0.05) is 0 Å². The highest BCUT2D eigenvalue weighted by Crippen LogP contribution is 2.68. The fraction of sp³-hybridized carbons (Fsp3) is 0.583. The molecule has 2 saturated heterocycles. The van der Waals surface area contributed by atoms with Crippen LogP contribution in [-0.2, 0) is 28.7 Å². The average Bonchev–Trinajstić information content (AvgIpc) is 3.14. The van der Waals surface area contributed by atoms with Crippen LogP contribution < -0.4 is 0 Å². The molecular weight excluding hydrogens is 412 g/mol. The van der Waals surface area contributed by atoms with Crippen molar-refractivity contribution in [3.8, 4) is 0 Å². The molecule has 2 saturated carbocycles. The van der Waals surface area contributed by atoms with Gasteiger partial charge in [0.25, 0.3) is 0 Å². The summed E-state index contributed by atoms with van der Waals surface area (Å²) in [4.78, 5) is 55.2. The molecule has 6 rings (SSSR count). The van der Waals surface area contributed by atoms with E-state index in [1.165, 1.54) is 9.80 Å². The summed E-state index contributed by atoms with van der Waals surface area (Å²) in [7, 11) is 0. The minimum absolute atomic E-state index is 0.0551. The second-order valence-electron chi connectivity index (χ2n) is 9.18. The van der Waals surface area contributed by atoms with E-state index in [2.05, 4.69) is 13.2 Å². The van der Waals surface area contributed by atoms with E-state index in [4.69, 9.17) is 9.47 Å². The van der Waals surface area contributed by atoms with Crippen LogP contribution in [0, 0.1) is 47.3 Å². The SMILES string of the molecule is C=CCOCCN1C(=O)[C@@H]2[C@H]3C=C[C@@H]([C@@H]2C1=O)[C@@H]1[C@@H]2C(=O)N(CCOCC=C)C(=O)[C@@H]2[C@@H]31. The summed E-state index contributed by atoms with van der Waals surface area (Å²) in [5.41, 5.74) is 0. The van der Waals surface area contributed by atoms with E-state index >= 15 is 0 Å². The summed E-state index contributed by atoms with van der Waals surface area (Å²) < 4.78 is 10.7. The fourth-order valence-corrected chi connectivity index (χ4v) is 6.81. The number of carbonyl (C=O) groups is 4. The average molecular weight is 440 g/mol. The molecule has 2 aliphatic heterocycles. The number of allylic oxidation sites excluding steroid dienone is 2. The summed E-state index contributed by atoms with van der Waals surface area (Å²) >= 11 is 0. The Bertz CT molecular complexity index is 856. The molecule has 2 bridgehead atoms. The molecule has 0 spiro atoms. The molecule has 0 radical (unpaired) electrons. The zero-order chi connectivity index (χ0) is 22.6. The largest absolute Gasteiger partial charge is 0.376 e. The van der Waals surface area contributed by atoms with E-state index in [-0.39, 0.29) is 73.6 Å². The highest BCUT2D eigenvalue weighted by molar-refractivity contribution is 6.09. The zero-order valence-electron chi connectivity index (χ0n) is 17.9. The zero-order valence-corrected chi connectivity index (χ0v) is 17.9. The molecule has 6 aliphatic rings. The first-order valence-electron chi connectivity index (χ1n) is 11.3. The first kappa shape index (κ1) is 21.3. The number of fused-ring (bicyclic) bond motifs is 1. The molecule has 8 nitrogen and oxygen atoms in total. The Morgan fingerprint density at radius 3 is 1.44 bits per heavy atom. The molecule has 2 heterocycles. The van der Waals surface area contributed by atoms with Crippen molar-refractivity contribution in [1.82, 2.24) is 9.80 Å². The van der Waals surface area contributed by atoms with Gasteiger partial charge >= 0.3 is 0 Å². The Balaban J connectivity index is 1.33. The molecule has 170 valence electrons. The second-order valence-corrected chi connectivity index (χ2v) is 9.18. The molecule has 8 heteroatoms. The van der Waals surface area contributed by atoms with Crippen molar-refractivity contribution < 1.29 is 28.7 Å². The molecule has 4 fully saturated rings. The molecule has 4 aliphatic carbocycles. The molecular formula is C24H28N2O6. The summed E-state index contributed by atoms with van der Waals surface area (Å²) in [5.74, 6) is -2.79. The number of imide groups is 2. The van der Waals surface area contributed by atoms with Crippen LogP contribution in [0.1, 0.15) is 0 Å². The minimum atomic E-state index is -0.438. The Morgan fingerprint density at radius 2 is 1.06 bits per heavy atom. The summed E-state index contributed by atoms with van der Waals surface area (Å²) in [5, 5.41) is 0. The lowest BCUT2D eigenvalue weighted by molar-refractivity contribution is -0.166. The topological polar surface area (TPSA) is 93.2 Å². The van der Waals surface area contributed by atoms with Crippen molar-refractivity contribution in [2.24, 2.45) is 47.3 Å². The number of hydrogen-bond donors (Lipinski definition) is 0. The number of ether oxygens (including phenoxy) is 2. The van der Waals surface area contributed by atoms with Gasteiger partial charge in [0.05, 0.1) is 63.2 Å². The van der Waals surface area contributed by atoms with E-state index in [0.29, 0.717) is 13.2 Å². The predicted octanol–water partition coefficient (Wildman–Crippen LogP) is 0.656. The van der Waals surface area contributed by atoms with Gasteiger partial charge in [-0.25, -0.2) is 0 Å². The van der Waals surface area contributed by atoms with Gasteiger partial charge < -0.3 is 9.47 Å². The molecule has 8 atom stereocenters. The van der Waals surface area contributed by atoms with Crippen molar-refractivity contribution in [1.29, 1.82) is 0 Å². The van der Waals surface area contributed by atoms with E-state index in [1.807, 2.05) is 12.2 Å². The van der Waals surface area contributed by atoms with Gasteiger partial charge in [0.1, 0.15) is 0 Å². The monoisotopic (exact) mass is 440 g/mol. The van der Waals surface area contributed by atoms with Crippen molar-refractivity contribution >= 4 is 23.6 Å². The van der Waals surface area contributed by atoms with Crippen LogP contribution in [0.2, 0.25) is 0 Å². The Kier molecular flexibility index (Phi) is 5.37. The molecule has 32 heavy (non-hydrogen) atoms. The maximum Gasteiger partial charge on any atom is 0.233 e. The van der Waals surface area contributed by atoms with Crippen LogP contribution >= 0.6 is 0 Å². The summed E-state index contributed by atoms with van der Waals surface area (Å²) in [6.45, 7) is 8.89. The van der Waals surface area contributed by atoms with Gasteiger partial charge in [-0.2, -0.15) is 0 Å². The number of carbonyl (C=O) groups excluding carboxylic acids is 4. The van der Waals surface area contributed by atoms with Crippen LogP contribution in [0.25, 0.3) is 0 Å². The third-order valence-corrected chi connectivity index (χ3v) is 7.92. The summed E-state index contributed by atoms with van der Waals surface area (Å²) in [6.07, 6.45) is 7.27. The quantitative estimate of drug-likeness (QED) is 0.281. The fourth-order valence-electron chi connectivity index (χ4n) is 6.81. The molecule has 0 unspecified atom stereocenters. The van der Waals surface area contributed by atoms with Gasteiger partial charge in [0.2, 0.25) is 23.6 Å². The van der Waals surface area contributed by atoms with Gasteiger partial charge in [-0.15, -0.1) is 13.2 Å². The van der Waals surface area contributed by atoms with Gasteiger partial charge in [0.15, 0.2) is 0 Å². The van der Waals surface area contributed by atoms with Crippen LogP contribution in [0.3, 0.4) is 0 Å². The molecule has 0 aromatic rings. The maximum atomic E-state index is 13.2. The van der Waals surface area contributed by atoms with Crippen LogP contribution in [-0.4, -0.2) is 72.9 Å². The highest BCUT2D eigenvalue weighted by atomic mass is 16.5. The second kappa shape index (κ2) is 8.08. The Labute approximate surface area is 186 Å². The Hall–Kier alpha value is -2.58. The highest BCUT2D eigenvalue weighted by Gasteiger charge is 2.74. The molecule has 4 amide bonds. The van der Waals surface area contributed by atoms with Crippen molar-refractivity contribution in [2.75, 3.05) is 39.5 Å². The van der Waals surface area contributed by atoms with Gasteiger partial charge in [-0.1, -0.05) is 24.3 Å². The smallest absolute Gasteiger partial charge is 0.233 e. The van der Waals surface area contributed by atoms with Crippen molar-refractivity contribution in [2.45, 2.75) is 0 Å². The predicted molar refractivity (Wildman–Crippen MR) is 113 cm³/mol. The lowest BCUT2D eigenvalue weighted by Gasteiger charge is -2.60. The number of nitrogens with zero attached hydrogens (tertiary/aromatic N) is 2. The lowest BCUT2D eigenvalue weighted by Crippen LogP contribution is -2.63. The summed E-state index contributed by atoms with van der Waals surface area (Å²) in [6, 6.07) is 0.